The van der Waals surface area contributed by atoms with Gasteiger partial charge in [-0.25, -0.2) is 0 Å². The molecule has 1 fully saturated rings. The van der Waals surface area contributed by atoms with Gasteiger partial charge in [0.1, 0.15) is 0 Å². The molecule has 2 rings (SSSR count). The highest BCUT2D eigenvalue weighted by molar-refractivity contribution is 7.07. The van der Waals surface area contributed by atoms with Crippen LogP contribution < -0.4 is 5.32 Å². The number of carbonyl (C=O) groups excluding carboxylic acids is 1. The van der Waals surface area contributed by atoms with Crippen LogP contribution in [-0.2, 0) is 11.3 Å². The standard InChI is InChI=1S/C14H22N2OS.ClH/c1-11(2)8-16(9-12-4-6-18-10-12)14(17)13-3-5-15-7-13;/h4,6,10-11,13,15H,3,5,7-9H2,1-2H3;1H. The van der Waals surface area contributed by atoms with Crippen LogP contribution in [0.1, 0.15) is 25.8 Å². The molecule has 0 aliphatic carbocycles. The Hall–Kier alpha value is -0.580. The molecule has 1 aromatic rings. The maximum absolute atomic E-state index is 12.5. The summed E-state index contributed by atoms with van der Waals surface area (Å²) in [4.78, 5) is 14.5. The van der Waals surface area contributed by atoms with E-state index in [1.807, 2.05) is 4.90 Å². The summed E-state index contributed by atoms with van der Waals surface area (Å²) in [6.45, 7) is 7.77. The van der Waals surface area contributed by atoms with E-state index >= 15 is 0 Å². The number of nitrogens with zero attached hydrogens (tertiary/aromatic N) is 1. The predicted molar refractivity (Wildman–Crippen MR) is 82.8 cm³/mol. The van der Waals surface area contributed by atoms with Crippen LogP contribution in [-0.4, -0.2) is 30.4 Å². The highest BCUT2D eigenvalue weighted by atomic mass is 35.5. The van der Waals surface area contributed by atoms with Crippen LogP contribution in [0.4, 0.5) is 0 Å². The van der Waals surface area contributed by atoms with Gasteiger partial charge in [0, 0.05) is 19.6 Å². The summed E-state index contributed by atoms with van der Waals surface area (Å²) in [5, 5.41) is 7.48. The highest BCUT2D eigenvalue weighted by Crippen LogP contribution is 2.17. The first-order chi connectivity index (χ1) is 8.66. The van der Waals surface area contributed by atoms with E-state index in [1.165, 1.54) is 5.56 Å². The van der Waals surface area contributed by atoms with Crippen molar-refractivity contribution in [3.05, 3.63) is 22.4 Å². The molecule has 0 saturated carbocycles. The van der Waals surface area contributed by atoms with Crippen molar-refractivity contribution in [2.75, 3.05) is 19.6 Å². The second-order valence-electron chi connectivity index (χ2n) is 5.43. The topological polar surface area (TPSA) is 32.3 Å². The van der Waals surface area contributed by atoms with Crippen LogP contribution in [0.3, 0.4) is 0 Å². The van der Waals surface area contributed by atoms with E-state index in [2.05, 4.69) is 36.0 Å². The van der Waals surface area contributed by atoms with Crippen molar-refractivity contribution in [1.82, 2.24) is 10.2 Å². The smallest absolute Gasteiger partial charge is 0.227 e. The molecule has 1 unspecified atom stereocenters. The molecule has 3 nitrogen and oxygen atoms in total. The lowest BCUT2D eigenvalue weighted by molar-refractivity contribution is -0.136. The number of amides is 1. The third kappa shape index (κ3) is 4.79. The van der Waals surface area contributed by atoms with E-state index in [0.29, 0.717) is 11.8 Å². The summed E-state index contributed by atoms with van der Waals surface area (Å²) in [5.41, 5.74) is 1.25. The molecule has 2 heterocycles. The van der Waals surface area contributed by atoms with Gasteiger partial charge in [0.15, 0.2) is 0 Å². The zero-order valence-electron chi connectivity index (χ0n) is 11.6. The predicted octanol–water partition coefficient (Wildman–Crippen LogP) is 2.76. The number of hydrogen-bond donors (Lipinski definition) is 1. The highest BCUT2D eigenvalue weighted by Gasteiger charge is 2.27. The Morgan fingerprint density at radius 1 is 1.58 bits per heavy atom. The number of halogens is 1. The Bertz CT molecular complexity index is 375. The number of hydrogen-bond acceptors (Lipinski definition) is 3. The van der Waals surface area contributed by atoms with Crippen molar-refractivity contribution in [1.29, 1.82) is 0 Å². The molecule has 5 heteroatoms. The second-order valence-corrected chi connectivity index (χ2v) is 6.21. The van der Waals surface area contributed by atoms with Crippen molar-refractivity contribution in [2.45, 2.75) is 26.8 Å². The minimum Gasteiger partial charge on any atom is -0.338 e. The van der Waals surface area contributed by atoms with Crippen LogP contribution in [0, 0.1) is 11.8 Å². The first kappa shape index (κ1) is 16.5. The van der Waals surface area contributed by atoms with E-state index in [4.69, 9.17) is 0 Å². The molecule has 1 aromatic heterocycles. The van der Waals surface area contributed by atoms with Gasteiger partial charge in [-0.2, -0.15) is 11.3 Å². The largest absolute Gasteiger partial charge is 0.338 e. The van der Waals surface area contributed by atoms with Crippen LogP contribution in [0.2, 0.25) is 0 Å². The maximum atomic E-state index is 12.5. The van der Waals surface area contributed by atoms with Gasteiger partial charge in [0.05, 0.1) is 5.92 Å². The lowest BCUT2D eigenvalue weighted by Gasteiger charge is -2.27. The fourth-order valence-electron chi connectivity index (χ4n) is 2.40. The Balaban J connectivity index is 0.00000180. The maximum Gasteiger partial charge on any atom is 0.227 e. The minimum atomic E-state index is 0. The van der Waals surface area contributed by atoms with Gasteiger partial charge >= 0.3 is 0 Å². The molecular formula is C14H23ClN2OS. The van der Waals surface area contributed by atoms with Gasteiger partial charge in [-0.15, -0.1) is 12.4 Å². The fourth-order valence-corrected chi connectivity index (χ4v) is 3.06. The first-order valence-corrected chi connectivity index (χ1v) is 7.61. The third-order valence-corrected chi connectivity index (χ3v) is 3.99. The fraction of sp³-hybridized carbons (Fsp3) is 0.643. The number of carbonyl (C=O) groups is 1. The molecule has 1 saturated heterocycles. The first-order valence-electron chi connectivity index (χ1n) is 6.67. The van der Waals surface area contributed by atoms with E-state index in [0.717, 1.165) is 32.6 Å². The Morgan fingerprint density at radius 2 is 2.37 bits per heavy atom. The summed E-state index contributed by atoms with van der Waals surface area (Å²) in [7, 11) is 0. The Labute approximate surface area is 125 Å². The van der Waals surface area contributed by atoms with E-state index in [1.54, 1.807) is 11.3 Å². The van der Waals surface area contributed by atoms with Crippen LogP contribution in [0.5, 0.6) is 0 Å². The van der Waals surface area contributed by atoms with Crippen molar-refractivity contribution in [2.24, 2.45) is 11.8 Å². The number of nitrogens with one attached hydrogen (secondary N) is 1. The quantitative estimate of drug-likeness (QED) is 0.907. The van der Waals surface area contributed by atoms with Crippen LogP contribution in [0.15, 0.2) is 16.8 Å². The van der Waals surface area contributed by atoms with Crippen LogP contribution >= 0.6 is 23.7 Å². The third-order valence-electron chi connectivity index (χ3n) is 3.26. The van der Waals surface area contributed by atoms with Crippen molar-refractivity contribution < 1.29 is 4.79 Å². The molecule has 108 valence electrons. The zero-order chi connectivity index (χ0) is 13.0. The Kier molecular flexibility index (Phi) is 6.83. The molecule has 0 radical (unpaired) electrons. The molecule has 0 aromatic carbocycles. The van der Waals surface area contributed by atoms with Crippen molar-refractivity contribution in [3.8, 4) is 0 Å². The molecular weight excluding hydrogens is 280 g/mol. The number of thiophene rings is 1. The summed E-state index contributed by atoms with van der Waals surface area (Å²) in [5.74, 6) is 1.02. The molecule has 0 spiro atoms. The SMILES string of the molecule is CC(C)CN(Cc1ccsc1)C(=O)C1CCNC1.Cl. The van der Waals surface area contributed by atoms with Gasteiger partial charge in [0.25, 0.3) is 0 Å². The van der Waals surface area contributed by atoms with Gasteiger partial charge in [0.2, 0.25) is 5.91 Å². The van der Waals surface area contributed by atoms with Crippen LogP contribution in [0.25, 0.3) is 0 Å². The Morgan fingerprint density at radius 3 is 2.89 bits per heavy atom. The lowest BCUT2D eigenvalue weighted by atomic mass is 10.1. The summed E-state index contributed by atoms with van der Waals surface area (Å²) >= 11 is 1.69. The molecule has 1 aliphatic rings. The summed E-state index contributed by atoms with van der Waals surface area (Å²) in [6.07, 6.45) is 0.983. The second kappa shape index (κ2) is 7.88. The molecule has 0 bridgehead atoms. The summed E-state index contributed by atoms with van der Waals surface area (Å²) in [6, 6.07) is 2.11. The van der Waals surface area contributed by atoms with E-state index in [-0.39, 0.29) is 18.3 Å². The normalized spacial score (nSPS) is 18.4. The van der Waals surface area contributed by atoms with Gasteiger partial charge < -0.3 is 10.2 Å². The van der Waals surface area contributed by atoms with Gasteiger partial charge in [-0.05, 0) is 41.3 Å². The number of rotatable bonds is 5. The average Bonchev–Trinajstić information content (AvgIpc) is 2.99. The van der Waals surface area contributed by atoms with E-state index < -0.39 is 0 Å². The van der Waals surface area contributed by atoms with E-state index in [9.17, 15) is 4.79 Å². The monoisotopic (exact) mass is 302 g/mol. The average molecular weight is 303 g/mol. The molecule has 1 amide bonds. The van der Waals surface area contributed by atoms with Gasteiger partial charge in [-0.3, -0.25) is 4.79 Å². The van der Waals surface area contributed by atoms with Crippen molar-refractivity contribution >= 4 is 29.7 Å². The zero-order valence-corrected chi connectivity index (χ0v) is 13.2. The van der Waals surface area contributed by atoms with Crippen molar-refractivity contribution in [3.63, 3.8) is 0 Å². The van der Waals surface area contributed by atoms with Gasteiger partial charge in [-0.1, -0.05) is 13.8 Å². The minimum absolute atomic E-state index is 0. The molecule has 19 heavy (non-hydrogen) atoms. The molecule has 1 atom stereocenters. The molecule has 1 N–H and O–H groups in total. The lowest BCUT2D eigenvalue weighted by Crippen LogP contribution is -2.38. The molecule has 1 aliphatic heterocycles. The summed E-state index contributed by atoms with van der Waals surface area (Å²) < 4.78 is 0.